The van der Waals surface area contributed by atoms with E-state index >= 15 is 0 Å². The maximum absolute atomic E-state index is 12.4. The first kappa shape index (κ1) is 23.9. The zero-order valence-electron chi connectivity index (χ0n) is 15.8. The molecule has 1 aromatic carbocycles. The second kappa shape index (κ2) is 8.49. The van der Waals surface area contributed by atoms with Crippen LogP contribution in [0.1, 0.15) is 45.0 Å². The van der Waals surface area contributed by atoms with Gasteiger partial charge < -0.3 is 10.6 Å². The molecule has 0 atom stereocenters. The molecule has 1 rings (SSSR count). The van der Waals surface area contributed by atoms with Gasteiger partial charge in [-0.3, -0.25) is 4.79 Å². The molecule has 6 nitrogen and oxygen atoms in total. The minimum Gasteiger partial charge on any atom is -0.341 e. The Bertz CT molecular complexity index is 680. The lowest BCUT2D eigenvalue weighted by Gasteiger charge is -2.29. The second-order valence-corrected chi connectivity index (χ2v) is 9.59. The van der Waals surface area contributed by atoms with Gasteiger partial charge in [-0.1, -0.05) is 13.8 Å². The van der Waals surface area contributed by atoms with Gasteiger partial charge in [-0.05, 0) is 57.0 Å². The van der Waals surface area contributed by atoms with Crippen molar-refractivity contribution in [3.8, 4) is 0 Å². The van der Waals surface area contributed by atoms with Gasteiger partial charge in [0.15, 0.2) is 0 Å². The Morgan fingerprint density at radius 2 is 1.60 bits per heavy atom. The fourth-order valence-electron chi connectivity index (χ4n) is 2.24. The number of amides is 1. The second-order valence-electron chi connectivity index (χ2n) is 7.91. The largest absolute Gasteiger partial charge is 0.341 e. The molecule has 0 saturated carbocycles. The summed E-state index contributed by atoms with van der Waals surface area (Å²) < 4.78 is 27.1. The standard InChI is InChI=1S/C17H29N3O3S.ClH/c1-16(2,3)19-24(22,23)14-9-7-13(8-10-14)15(21)20(6)12-17(4,5)11-18;/h7-10,19H,11-12,18H2,1-6H3;1H. The third kappa shape index (κ3) is 7.32. The number of hydrogen-bond donors (Lipinski definition) is 2. The Morgan fingerprint density at radius 1 is 1.12 bits per heavy atom. The molecule has 0 aliphatic carbocycles. The summed E-state index contributed by atoms with van der Waals surface area (Å²) in [6.45, 7) is 10.3. The van der Waals surface area contributed by atoms with E-state index in [1.807, 2.05) is 13.8 Å². The molecule has 1 amide bonds. The summed E-state index contributed by atoms with van der Waals surface area (Å²) in [4.78, 5) is 14.2. The molecule has 3 N–H and O–H groups in total. The van der Waals surface area contributed by atoms with E-state index in [-0.39, 0.29) is 28.6 Å². The van der Waals surface area contributed by atoms with Gasteiger partial charge in [0.25, 0.3) is 5.91 Å². The predicted molar refractivity (Wildman–Crippen MR) is 104 cm³/mol. The zero-order valence-corrected chi connectivity index (χ0v) is 17.4. The van der Waals surface area contributed by atoms with Crippen molar-refractivity contribution in [3.05, 3.63) is 29.8 Å². The van der Waals surface area contributed by atoms with E-state index in [1.165, 1.54) is 24.3 Å². The van der Waals surface area contributed by atoms with Gasteiger partial charge in [0.2, 0.25) is 10.0 Å². The van der Waals surface area contributed by atoms with Crippen LogP contribution in [0, 0.1) is 5.41 Å². The van der Waals surface area contributed by atoms with Crippen LogP contribution in [0.4, 0.5) is 0 Å². The van der Waals surface area contributed by atoms with Crippen molar-refractivity contribution in [1.82, 2.24) is 9.62 Å². The van der Waals surface area contributed by atoms with Crippen LogP contribution in [0.25, 0.3) is 0 Å². The van der Waals surface area contributed by atoms with E-state index in [0.717, 1.165) is 0 Å². The number of rotatable bonds is 6. The molecule has 0 aliphatic rings. The molecular weight excluding hydrogens is 362 g/mol. The van der Waals surface area contributed by atoms with E-state index in [1.54, 1.807) is 32.7 Å². The summed E-state index contributed by atoms with van der Waals surface area (Å²) in [5, 5.41) is 0. The van der Waals surface area contributed by atoms with Gasteiger partial charge >= 0.3 is 0 Å². The highest BCUT2D eigenvalue weighted by atomic mass is 35.5. The molecule has 0 saturated heterocycles. The highest BCUT2D eigenvalue weighted by Crippen LogP contribution is 2.18. The first-order valence-corrected chi connectivity index (χ1v) is 9.35. The number of carbonyl (C=O) groups excluding carboxylic acids is 1. The summed E-state index contributed by atoms with van der Waals surface area (Å²) in [5.41, 5.74) is 5.40. The van der Waals surface area contributed by atoms with Gasteiger partial charge in [-0.2, -0.15) is 0 Å². The topological polar surface area (TPSA) is 92.5 Å². The molecule has 0 unspecified atom stereocenters. The summed E-state index contributed by atoms with van der Waals surface area (Å²) in [7, 11) is -1.89. The van der Waals surface area contributed by atoms with Crippen molar-refractivity contribution < 1.29 is 13.2 Å². The van der Waals surface area contributed by atoms with Gasteiger partial charge in [0.05, 0.1) is 4.90 Å². The Labute approximate surface area is 157 Å². The maximum atomic E-state index is 12.4. The van der Waals surface area contributed by atoms with Crippen LogP contribution in [0.2, 0.25) is 0 Å². The summed E-state index contributed by atoms with van der Waals surface area (Å²) in [5.74, 6) is -0.163. The highest BCUT2D eigenvalue weighted by Gasteiger charge is 2.24. The fourth-order valence-corrected chi connectivity index (χ4v) is 3.66. The average Bonchev–Trinajstić information content (AvgIpc) is 2.43. The van der Waals surface area contributed by atoms with E-state index in [2.05, 4.69) is 4.72 Å². The molecule has 0 aromatic heterocycles. The van der Waals surface area contributed by atoms with Gasteiger partial charge in [0, 0.05) is 24.7 Å². The van der Waals surface area contributed by atoms with Crippen molar-refractivity contribution in [2.24, 2.45) is 11.1 Å². The number of hydrogen-bond acceptors (Lipinski definition) is 4. The van der Waals surface area contributed by atoms with Gasteiger partial charge in [-0.15, -0.1) is 12.4 Å². The van der Waals surface area contributed by atoms with Crippen molar-refractivity contribution >= 4 is 28.3 Å². The summed E-state index contributed by atoms with van der Waals surface area (Å²) >= 11 is 0. The van der Waals surface area contributed by atoms with E-state index in [4.69, 9.17) is 5.73 Å². The lowest BCUT2D eigenvalue weighted by molar-refractivity contribution is 0.0740. The van der Waals surface area contributed by atoms with Gasteiger partial charge in [-0.25, -0.2) is 13.1 Å². The first-order valence-electron chi connectivity index (χ1n) is 7.87. The van der Waals surface area contributed by atoms with Crippen LogP contribution < -0.4 is 10.5 Å². The van der Waals surface area contributed by atoms with Crippen LogP contribution in [0.3, 0.4) is 0 Å². The average molecular weight is 392 g/mol. The molecule has 25 heavy (non-hydrogen) atoms. The Kier molecular flexibility index (Phi) is 8.10. The molecule has 0 spiro atoms. The van der Waals surface area contributed by atoms with Gasteiger partial charge in [0.1, 0.15) is 0 Å². The van der Waals surface area contributed by atoms with Crippen LogP contribution in [0.5, 0.6) is 0 Å². The Balaban J connectivity index is 0.00000576. The summed E-state index contributed by atoms with van der Waals surface area (Å²) in [6, 6.07) is 5.96. The number of nitrogens with zero attached hydrogens (tertiary/aromatic N) is 1. The van der Waals surface area contributed by atoms with Crippen LogP contribution in [-0.2, 0) is 10.0 Å². The number of carbonyl (C=O) groups is 1. The van der Waals surface area contributed by atoms with Crippen molar-refractivity contribution in [3.63, 3.8) is 0 Å². The monoisotopic (exact) mass is 391 g/mol. The third-order valence-electron chi connectivity index (χ3n) is 3.42. The van der Waals surface area contributed by atoms with E-state index in [9.17, 15) is 13.2 Å². The lowest BCUT2D eigenvalue weighted by Crippen LogP contribution is -2.40. The normalized spacial score (nSPS) is 12.4. The van der Waals surface area contributed by atoms with Crippen molar-refractivity contribution in [1.29, 1.82) is 0 Å². The maximum Gasteiger partial charge on any atom is 0.253 e. The van der Waals surface area contributed by atoms with Crippen LogP contribution >= 0.6 is 12.4 Å². The quantitative estimate of drug-likeness (QED) is 0.777. The Morgan fingerprint density at radius 3 is 2.00 bits per heavy atom. The number of nitrogens with one attached hydrogen (secondary N) is 1. The molecule has 144 valence electrons. The first-order chi connectivity index (χ1) is 10.8. The molecule has 0 fully saturated rings. The molecule has 0 aliphatic heterocycles. The smallest absolute Gasteiger partial charge is 0.253 e. The molecule has 1 aromatic rings. The predicted octanol–water partition coefficient (Wildman–Crippen LogP) is 2.24. The number of halogens is 1. The minimum atomic E-state index is -3.60. The van der Waals surface area contributed by atoms with E-state index < -0.39 is 15.6 Å². The highest BCUT2D eigenvalue weighted by molar-refractivity contribution is 7.89. The van der Waals surface area contributed by atoms with Crippen LogP contribution in [0.15, 0.2) is 29.2 Å². The molecular formula is C17H30ClN3O3S. The number of benzene rings is 1. The lowest BCUT2D eigenvalue weighted by atomic mass is 9.93. The molecule has 8 heteroatoms. The summed E-state index contributed by atoms with van der Waals surface area (Å²) in [6.07, 6.45) is 0. The Hall–Kier alpha value is -1.15. The molecule has 0 bridgehead atoms. The number of sulfonamides is 1. The SMILES string of the molecule is CN(CC(C)(C)CN)C(=O)c1ccc(S(=O)(=O)NC(C)(C)C)cc1.Cl. The molecule has 0 heterocycles. The zero-order chi connectivity index (χ0) is 18.8. The molecule has 0 radical (unpaired) electrons. The van der Waals surface area contributed by atoms with Crippen LogP contribution in [-0.4, -0.2) is 44.9 Å². The minimum absolute atomic E-state index is 0. The van der Waals surface area contributed by atoms with Crippen molar-refractivity contribution in [2.45, 2.75) is 45.1 Å². The number of nitrogens with two attached hydrogens (primary N) is 1. The fraction of sp³-hybridized carbons (Fsp3) is 0.588. The van der Waals surface area contributed by atoms with Crippen molar-refractivity contribution in [2.75, 3.05) is 20.1 Å². The van der Waals surface area contributed by atoms with E-state index in [0.29, 0.717) is 18.7 Å². The third-order valence-corrected chi connectivity index (χ3v) is 5.19.